The average Bonchev–Trinajstić information content (AvgIpc) is 2.78. The molecule has 1 heterocycles. The Kier molecular flexibility index (Phi) is 10.3. The molecule has 0 aromatic heterocycles. The third kappa shape index (κ3) is 9.28. The smallest absolute Gasteiger partial charge is 0.220 e. The van der Waals surface area contributed by atoms with Gasteiger partial charge in [-0.2, -0.15) is 0 Å². The lowest BCUT2D eigenvalue weighted by Crippen LogP contribution is -2.32. The van der Waals surface area contributed by atoms with Crippen LogP contribution < -0.4 is 10.6 Å². The number of carbonyl (C=O) groups is 1. The zero-order valence-corrected chi connectivity index (χ0v) is 13.5. The number of hydrogen-bond acceptors (Lipinski definition) is 2. The molecule has 3 nitrogen and oxygen atoms in total. The largest absolute Gasteiger partial charge is 0.354 e. The predicted octanol–water partition coefficient (Wildman–Crippen LogP) is 3.13. The summed E-state index contributed by atoms with van der Waals surface area (Å²) in [6.45, 7) is 8.84. The van der Waals surface area contributed by atoms with Gasteiger partial charge in [-0.05, 0) is 51.1 Å². The van der Waals surface area contributed by atoms with Crippen LogP contribution in [0.4, 0.5) is 0 Å². The summed E-state index contributed by atoms with van der Waals surface area (Å²) < 4.78 is 0. The molecule has 19 heavy (non-hydrogen) atoms. The molecule has 1 saturated heterocycles. The standard InChI is InChI=1S/C15H30N2O.ClH/c1-12(2)5-4-6-13(3)17-15(18)8-7-14-9-10-16-11-14;/h12-14,16H,4-11H2,1-3H3,(H,17,18);1H. The number of amides is 1. The van der Waals surface area contributed by atoms with Crippen LogP contribution in [0.25, 0.3) is 0 Å². The molecule has 2 unspecified atom stereocenters. The molecule has 2 atom stereocenters. The van der Waals surface area contributed by atoms with E-state index in [-0.39, 0.29) is 18.3 Å². The fourth-order valence-corrected chi connectivity index (χ4v) is 2.55. The Morgan fingerprint density at radius 2 is 2.05 bits per heavy atom. The minimum Gasteiger partial charge on any atom is -0.354 e. The van der Waals surface area contributed by atoms with Gasteiger partial charge < -0.3 is 10.6 Å². The Labute approximate surface area is 124 Å². The van der Waals surface area contributed by atoms with Crippen LogP contribution in [0.3, 0.4) is 0 Å². The number of halogens is 1. The first-order chi connectivity index (χ1) is 8.58. The molecule has 1 fully saturated rings. The van der Waals surface area contributed by atoms with E-state index in [0.717, 1.165) is 31.8 Å². The van der Waals surface area contributed by atoms with Gasteiger partial charge >= 0.3 is 0 Å². The highest BCUT2D eigenvalue weighted by Gasteiger charge is 2.16. The van der Waals surface area contributed by atoms with Crippen LogP contribution in [0, 0.1) is 11.8 Å². The summed E-state index contributed by atoms with van der Waals surface area (Å²) in [7, 11) is 0. The highest BCUT2D eigenvalue weighted by Crippen LogP contribution is 2.14. The molecule has 0 radical (unpaired) electrons. The molecule has 0 aliphatic carbocycles. The summed E-state index contributed by atoms with van der Waals surface area (Å²) in [5.41, 5.74) is 0. The average molecular weight is 291 g/mol. The summed E-state index contributed by atoms with van der Waals surface area (Å²) in [6, 6.07) is 0.331. The molecule has 1 aliphatic heterocycles. The normalized spacial score (nSPS) is 20.1. The number of rotatable bonds is 8. The predicted molar refractivity (Wildman–Crippen MR) is 83.8 cm³/mol. The van der Waals surface area contributed by atoms with Crippen LogP contribution >= 0.6 is 12.4 Å². The molecule has 1 amide bonds. The van der Waals surface area contributed by atoms with E-state index < -0.39 is 0 Å². The highest BCUT2D eigenvalue weighted by molar-refractivity contribution is 5.85. The third-order valence-electron chi connectivity index (χ3n) is 3.77. The van der Waals surface area contributed by atoms with E-state index in [4.69, 9.17) is 0 Å². The summed E-state index contributed by atoms with van der Waals surface area (Å²) in [4.78, 5) is 11.8. The molecule has 0 spiro atoms. The first-order valence-electron chi connectivity index (χ1n) is 7.58. The van der Waals surface area contributed by atoms with Gasteiger partial charge in [-0.25, -0.2) is 0 Å². The van der Waals surface area contributed by atoms with Crippen LogP contribution in [-0.2, 0) is 4.79 Å². The van der Waals surface area contributed by atoms with Crippen molar-refractivity contribution < 1.29 is 4.79 Å². The maximum atomic E-state index is 11.8. The van der Waals surface area contributed by atoms with Crippen molar-refractivity contribution in [2.24, 2.45) is 11.8 Å². The monoisotopic (exact) mass is 290 g/mol. The van der Waals surface area contributed by atoms with Crippen LogP contribution in [0.2, 0.25) is 0 Å². The molecule has 0 bridgehead atoms. The fourth-order valence-electron chi connectivity index (χ4n) is 2.55. The molecule has 1 aliphatic rings. The molecule has 4 heteroatoms. The molecular weight excluding hydrogens is 260 g/mol. The maximum Gasteiger partial charge on any atom is 0.220 e. The highest BCUT2D eigenvalue weighted by atomic mass is 35.5. The quantitative estimate of drug-likeness (QED) is 0.721. The zero-order valence-electron chi connectivity index (χ0n) is 12.7. The molecule has 0 aromatic rings. The summed E-state index contributed by atoms with van der Waals surface area (Å²) >= 11 is 0. The van der Waals surface area contributed by atoms with Gasteiger partial charge in [-0.1, -0.05) is 26.7 Å². The van der Waals surface area contributed by atoms with Gasteiger partial charge in [0.2, 0.25) is 5.91 Å². The van der Waals surface area contributed by atoms with E-state index in [1.165, 1.54) is 19.3 Å². The Bertz CT molecular complexity index is 240. The van der Waals surface area contributed by atoms with Gasteiger partial charge in [-0.15, -0.1) is 12.4 Å². The number of hydrogen-bond donors (Lipinski definition) is 2. The van der Waals surface area contributed by atoms with Crippen LogP contribution in [-0.4, -0.2) is 25.0 Å². The Morgan fingerprint density at radius 1 is 1.32 bits per heavy atom. The summed E-state index contributed by atoms with van der Waals surface area (Å²) in [6.07, 6.45) is 6.55. The first-order valence-corrected chi connectivity index (χ1v) is 7.58. The van der Waals surface area contributed by atoms with Gasteiger partial charge in [0.1, 0.15) is 0 Å². The third-order valence-corrected chi connectivity index (χ3v) is 3.77. The number of carbonyl (C=O) groups excluding carboxylic acids is 1. The van der Waals surface area contributed by atoms with Gasteiger partial charge in [0.05, 0.1) is 0 Å². The van der Waals surface area contributed by atoms with Crippen LogP contribution in [0.15, 0.2) is 0 Å². The zero-order chi connectivity index (χ0) is 13.4. The molecular formula is C15H31ClN2O. The van der Waals surface area contributed by atoms with Crippen molar-refractivity contribution >= 4 is 18.3 Å². The topological polar surface area (TPSA) is 41.1 Å². The van der Waals surface area contributed by atoms with Gasteiger partial charge in [0.15, 0.2) is 0 Å². The van der Waals surface area contributed by atoms with Gasteiger partial charge in [0, 0.05) is 12.5 Å². The Morgan fingerprint density at radius 3 is 2.63 bits per heavy atom. The fraction of sp³-hybridized carbons (Fsp3) is 0.933. The van der Waals surface area contributed by atoms with Crippen molar-refractivity contribution in [3.63, 3.8) is 0 Å². The van der Waals surface area contributed by atoms with Crippen LogP contribution in [0.1, 0.15) is 59.3 Å². The lowest BCUT2D eigenvalue weighted by Gasteiger charge is -2.15. The SMILES string of the molecule is CC(C)CCCC(C)NC(=O)CCC1CCNC1.Cl. The first kappa shape index (κ1) is 18.7. The van der Waals surface area contributed by atoms with Crippen molar-refractivity contribution in [2.45, 2.75) is 65.3 Å². The van der Waals surface area contributed by atoms with Crippen molar-refractivity contribution in [2.75, 3.05) is 13.1 Å². The molecule has 0 saturated carbocycles. The second-order valence-electron chi connectivity index (χ2n) is 6.19. The van der Waals surface area contributed by atoms with Gasteiger partial charge in [-0.3, -0.25) is 4.79 Å². The lowest BCUT2D eigenvalue weighted by molar-refractivity contribution is -0.122. The second kappa shape index (κ2) is 10.5. The molecule has 0 aromatic carbocycles. The van der Waals surface area contributed by atoms with E-state index in [1.807, 2.05) is 0 Å². The van der Waals surface area contributed by atoms with E-state index in [1.54, 1.807) is 0 Å². The summed E-state index contributed by atoms with van der Waals surface area (Å²) in [5.74, 6) is 1.72. The maximum absolute atomic E-state index is 11.8. The molecule has 114 valence electrons. The minimum atomic E-state index is 0. The molecule has 2 N–H and O–H groups in total. The lowest BCUT2D eigenvalue weighted by atomic mass is 10.0. The Balaban J connectivity index is 0.00000324. The van der Waals surface area contributed by atoms with Crippen molar-refractivity contribution in [3.05, 3.63) is 0 Å². The van der Waals surface area contributed by atoms with Crippen LogP contribution in [0.5, 0.6) is 0 Å². The summed E-state index contributed by atoms with van der Waals surface area (Å²) in [5, 5.41) is 6.46. The van der Waals surface area contributed by atoms with E-state index in [0.29, 0.717) is 18.4 Å². The van der Waals surface area contributed by atoms with E-state index in [9.17, 15) is 4.79 Å². The van der Waals surface area contributed by atoms with E-state index >= 15 is 0 Å². The minimum absolute atomic E-state index is 0. The van der Waals surface area contributed by atoms with Crippen molar-refractivity contribution in [3.8, 4) is 0 Å². The van der Waals surface area contributed by atoms with Crippen molar-refractivity contribution in [1.82, 2.24) is 10.6 Å². The van der Waals surface area contributed by atoms with Crippen molar-refractivity contribution in [1.29, 1.82) is 0 Å². The second-order valence-corrected chi connectivity index (χ2v) is 6.19. The van der Waals surface area contributed by atoms with E-state index in [2.05, 4.69) is 31.4 Å². The number of nitrogens with one attached hydrogen (secondary N) is 2. The molecule has 1 rings (SSSR count). The van der Waals surface area contributed by atoms with Gasteiger partial charge in [0.25, 0.3) is 0 Å². The Hall–Kier alpha value is -0.280.